The van der Waals surface area contributed by atoms with Gasteiger partial charge in [0.1, 0.15) is 5.75 Å². The van der Waals surface area contributed by atoms with Crippen LogP contribution >= 0.6 is 0 Å². The Bertz CT molecular complexity index is 438. The second-order valence-corrected chi connectivity index (χ2v) is 4.97. The van der Waals surface area contributed by atoms with Crippen molar-refractivity contribution < 1.29 is 9.53 Å². The molecule has 1 N–H and O–H groups in total. The molecule has 1 aliphatic rings. The number of amides is 1. The molecule has 0 unspecified atom stereocenters. The van der Waals surface area contributed by atoms with Gasteiger partial charge in [0.2, 0.25) is 5.91 Å². The van der Waals surface area contributed by atoms with Gasteiger partial charge in [-0.1, -0.05) is 12.8 Å². The fraction of sp³-hybridized carbons (Fsp3) is 0.533. The van der Waals surface area contributed by atoms with E-state index >= 15 is 0 Å². The molecule has 19 heavy (non-hydrogen) atoms. The van der Waals surface area contributed by atoms with Gasteiger partial charge in [0.25, 0.3) is 0 Å². The van der Waals surface area contributed by atoms with Crippen molar-refractivity contribution in [3.8, 4) is 5.75 Å². The fourth-order valence-electron chi connectivity index (χ4n) is 2.52. The lowest BCUT2D eigenvalue weighted by molar-refractivity contribution is -0.114. The number of carbonyl (C=O) groups is 1. The highest BCUT2D eigenvalue weighted by molar-refractivity contribution is 5.93. The van der Waals surface area contributed by atoms with E-state index in [9.17, 15) is 4.79 Å². The zero-order chi connectivity index (χ0) is 13.7. The van der Waals surface area contributed by atoms with Crippen LogP contribution in [0, 0.1) is 0 Å². The van der Waals surface area contributed by atoms with Crippen LogP contribution in [-0.2, 0) is 4.79 Å². The Balaban J connectivity index is 2.28. The van der Waals surface area contributed by atoms with Gasteiger partial charge in [0.15, 0.2) is 0 Å². The maximum Gasteiger partial charge on any atom is 0.221 e. The molecule has 0 radical (unpaired) electrons. The van der Waals surface area contributed by atoms with Crippen molar-refractivity contribution in [1.29, 1.82) is 0 Å². The number of anilines is 2. The van der Waals surface area contributed by atoms with E-state index in [0.717, 1.165) is 30.2 Å². The molecule has 4 heteroatoms. The number of methoxy groups -OCH3 is 1. The summed E-state index contributed by atoms with van der Waals surface area (Å²) < 4.78 is 5.23. The van der Waals surface area contributed by atoms with Gasteiger partial charge in [-0.15, -0.1) is 0 Å². The number of hydrogen-bond acceptors (Lipinski definition) is 3. The van der Waals surface area contributed by atoms with E-state index in [-0.39, 0.29) is 5.91 Å². The summed E-state index contributed by atoms with van der Waals surface area (Å²) in [6.07, 6.45) is 5.02. The maximum atomic E-state index is 11.3. The van der Waals surface area contributed by atoms with Gasteiger partial charge >= 0.3 is 0 Å². The first-order valence-corrected chi connectivity index (χ1v) is 6.91. The Labute approximate surface area is 114 Å². The van der Waals surface area contributed by atoms with Crippen LogP contribution in [0.2, 0.25) is 0 Å². The van der Waals surface area contributed by atoms with Gasteiger partial charge in [-0.05, 0) is 25.0 Å². The Morgan fingerprint density at radius 3 is 2.47 bits per heavy atom. The van der Waals surface area contributed by atoms with E-state index in [0.29, 0.717) is 0 Å². The summed E-state index contributed by atoms with van der Waals surface area (Å²) >= 11 is 0. The summed E-state index contributed by atoms with van der Waals surface area (Å²) in [5.41, 5.74) is 1.94. The lowest BCUT2D eigenvalue weighted by atomic mass is 10.2. The Morgan fingerprint density at radius 1 is 1.21 bits per heavy atom. The molecule has 104 valence electrons. The van der Waals surface area contributed by atoms with Crippen LogP contribution in [0.1, 0.15) is 32.6 Å². The lowest BCUT2D eigenvalue weighted by Crippen LogP contribution is -2.25. The summed E-state index contributed by atoms with van der Waals surface area (Å²) in [5.74, 6) is 0.714. The molecule has 1 aromatic rings. The number of hydrogen-bond donors (Lipinski definition) is 1. The van der Waals surface area contributed by atoms with Crippen LogP contribution in [-0.4, -0.2) is 26.1 Å². The molecule has 1 aliphatic heterocycles. The third-order valence-electron chi connectivity index (χ3n) is 3.46. The van der Waals surface area contributed by atoms with E-state index < -0.39 is 0 Å². The summed E-state index contributed by atoms with van der Waals surface area (Å²) in [4.78, 5) is 13.7. The molecule has 0 aliphatic carbocycles. The smallest absolute Gasteiger partial charge is 0.221 e. The van der Waals surface area contributed by atoms with Gasteiger partial charge < -0.3 is 15.0 Å². The van der Waals surface area contributed by atoms with Crippen LogP contribution in [0.15, 0.2) is 18.2 Å². The monoisotopic (exact) mass is 262 g/mol. The molecule has 0 spiro atoms. The minimum atomic E-state index is -0.0516. The number of rotatable bonds is 3. The SMILES string of the molecule is COc1ccc(N2CCCCCC2)c(NC(C)=O)c1. The predicted molar refractivity (Wildman–Crippen MR) is 78.0 cm³/mol. The fourth-order valence-corrected chi connectivity index (χ4v) is 2.52. The number of ether oxygens (including phenoxy) is 1. The topological polar surface area (TPSA) is 41.6 Å². The standard InChI is InChI=1S/C15H22N2O2/c1-12(18)16-14-11-13(19-2)7-8-15(14)17-9-5-3-4-6-10-17/h7-8,11H,3-6,9-10H2,1-2H3,(H,16,18). The first kappa shape index (κ1) is 13.7. The summed E-state index contributed by atoms with van der Waals surface area (Å²) in [6, 6.07) is 5.88. The average molecular weight is 262 g/mol. The Hall–Kier alpha value is -1.71. The van der Waals surface area contributed by atoms with Gasteiger partial charge in [-0.3, -0.25) is 4.79 Å². The average Bonchev–Trinajstić information content (AvgIpc) is 2.66. The molecule has 1 aromatic carbocycles. The summed E-state index contributed by atoms with van der Waals surface area (Å²) in [5, 5.41) is 2.91. The van der Waals surface area contributed by atoms with Crippen LogP contribution in [0.5, 0.6) is 5.75 Å². The normalized spacial score (nSPS) is 15.8. The van der Waals surface area contributed by atoms with E-state index in [1.807, 2.05) is 18.2 Å². The van der Waals surface area contributed by atoms with E-state index in [1.165, 1.54) is 32.6 Å². The van der Waals surface area contributed by atoms with Gasteiger partial charge in [0.05, 0.1) is 18.5 Å². The van der Waals surface area contributed by atoms with Crippen LogP contribution in [0.3, 0.4) is 0 Å². The zero-order valence-electron chi connectivity index (χ0n) is 11.7. The number of carbonyl (C=O) groups excluding carboxylic acids is 1. The Morgan fingerprint density at radius 2 is 1.89 bits per heavy atom. The first-order valence-electron chi connectivity index (χ1n) is 6.91. The van der Waals surface area contributed by atoms with Crippen LogP contribution in [0.25, 0.3) is 0 Å². The van der Waals surface area contributed by atoms with Crippen molar-refractivity contribution in [3.05, 3.63) is 18.2 Å². The molecule has 1 heterocycles. The third-order valence-corrected chi connectivity index (χ3v) is 3.46. The molecule has 1 saturated heterocycles. The van der Waals surface area contributed by atoms with E-state index in [1.54, 1.807) is 7.11 Å². The minimum Gasteiger partial charge on any atom is -0.497 e. The van der Waals surface area contributed by atoms with Crippen molar-refractivity contribution >= 4 is 17.3 Å². The second kappa shape index (κ2) is 6.45. The van der Waals surface area contributed by atoms with Gasteiger partial charge in [0, 0.05) is 26.1 Å². The van der Waals surface area contributed by atoms with E-state index in [4.69, 9.17) is 4.74 Å². The quantitative estimate of drug-likeness (QED) is 0.910. The van der Waals surface area contributed by atoms with Crippen LogP contribution < -0.4 is 15.0 Å². The number of benzene rings is 1. The lowest BCUT2D eigenvalue weighted by Gasteiger charge is -2.25. The largest absolute Gasteiger partial charge is 0.497 e. The van der Waals surface area contributed by atoms with Crippen molar-refractivity contribution in [1.82, 2.24) is 0 Å². The first-order chi connectivity index (χ1) is 9.20. The molecule has 0 atom stereocenters. The van der Waals surface area contributed by atoms with Crippen molar-refractivity contribution in [2.75, 3.05) is 30.4 Å². The molecule has 0 bridgehead atoms. The zero-order valence-corrected chi connectivity index (χ0v) is 11.7. The minimum absolute atomic E-state index is 0.0516. The van der Waals surface area contributed by atoms with Crippen molar-refractivity contribution in [2.45, 2.75) is 32.6 Å². The highest BCUT2D eigenvalue weighted by Gasteiger charge is 2.15. The van der Waals surface area contributed by atoms with Gasteiger partial charge in [-0.25, -0.2) is 0 Å². The molecule has 0 aromatic heterocycles. The molecule has 2 rings (SSSR count). The third kappa shape index (κ3) is 3.63. The van der Waals surface area contributed by atoms with Crippen molar-refractivity contribution in [2.24, 2.45) is 0 Å². The molecule has 4 nitrogen and oxygen atoms in total. The van der Waals surface area contributed by atoms with Gasteiger partial charge in [-0.2, -0.15) is 0 Å². The molecule has 1 fully saturated rings. The number of nitrogens with zero attached hydrogens (tertiary/aromatic N) is 1. The van der Waals surface area contributed by atoms with Crippen LogP contribution in [0.4, 0.5) is 11.4 Å². The highest BCUT2D eigenvalue weighted by Crippen LogP contribution is 2.31. The Kier molecular flexibility index (Phi) is 4.66. The molecular formula is C15H22N2O2. The highest BCUT2D eigenvalue weighted by atomic mass is 16.5. The maximum absolute atomic E-state index is 11.3. The summed E-state index contributed by atoms with van der Waals surface area (Å²) in [7, 11) is 1.64. The molecule has 0 saturated carbocycles. The second-order valence-electron chi connectivity index (χ2n) is 4.97. The van der Waals surface area contributed by atoms with E-state index in [2.05, 4.69) is 10.2 Å². The van der Waals surface area contributed by atoms with Crippen molar-refractivity contribution in [3.63, 3.8) is 0 Å². The number of nitrogens with one attached hydrogen (secondary N) is 1. The predicted octanol–water partition coefficient (Wildman–Crippen LogP) is 3.03. The molecule has 1 amide bonds. The summed E-state index contributed by atoms with van der Waals surface area (Å²) in [6.45, 7) is 3.64. The molecular weight excluding hydrogens is 240 g/mol.